The number of carbonyl (C=O) groups excluding carboxylic acids is 1. The minimum Gasteiger partial charge on any atom is -0.462 e. The van der Waals surface area contributed by atoms with Gasteiger partial charge in [0.1, 0.15) is 0 Å². The van der Waals surface area contributed by atoms with Crippen molar-refractivity contribution < 1.29 is 14.5 Å². The predicted octanol–water partition coefficient (Wildman–Crippen LogP) is 3.65. The first-order valence-corrected chi connectivity index (χ1v) is 8.67. The van der Waals surface area contributed by atoms with Gasteiger partial charge in [0.15, 0.2) is 0 Å². The van der Waals surface area contributed by atoms with Crippen molar-refractivity contribution in [3.63, 3.8) is 0 Å². The van der Waals surface area contributed by atoms with Crippen LogP contribution in [0.15, 0.2) is 24.3 Å². The van der Waals surface area contributed by atoms with Crippen molar-refractivity contribution in [1.29, 1.82) is 0 Å². The molecule has 1 aromatic rings. The number of carbonyl (C=O) groups is 1. The standard InChI is InChI=1S/C18H26N2O4/c1-3-15-9-8-14(2)19(13-15)10-5-11-24-18(21)16-6-4-7-17(12-16)20(22)23/h4,6-7,12,14-15H,3,5,8-11,13H2,1-2H3. The number of hydrogen-bond donors (Lipinski definition) is 0. The monoisotopic (exact) mass is 334 g/mol. The number of esters is 1. The van der Waals surface area contributed by atoms with Gasteiger partial charge < -0.3 is 9.64 Å². The van der Waals surface area contributed by atoms with E-state index < -0.39 is 10.9 Å². The van der Waals surface area contributed by atoms with Crippen molar-refractivity contribution in [2.24, 2.45) is 5.92 Å². The van der Waals surface area contributed by atoms with E-state index >= 15 is 0 Å². The molecule has 1 aliphatic rings. The van der Waals surface area contributed by atoms with Gasteiger partial charge in [0.05, 0.1) is 17.1 Å². The molecule has 0 radical (unpaired) electrons. The number of nitro benzene ring substituents is 1. The lowest BCUT2D eigenvalue weighted by Crippen LogP contribution is -2.42. The fraction of sp³-hybridized carbons (Fsp3) is 0.611. The van der Waals surface area contributed by atoms with Crippen LogP contribution in [0, 0.1) is 16.0 Å². The normalized spacial score (nSPS) is 21.4. The maximum absolute atomic E-state index is 12.0. The Labute approximate surface area is 142 Å². The molecule has 24 heavy (non-hydrogen) atoms. The number of benzene rings is 1. The summed E-state index contributed by atoms with van der Waals surface area (Å²) in [5.41, 5.74) is 0.124. The molecule has 1 heterocycles. The summed E-state index contributed by atoms with van der Waals surface area (Å²) in [6, 6.07) is 6.22. The van der Waals surface area contributed by atoms with Gasteiger partial charge in [-0.3, -0.25) is 10.1 Å². The van der Waals surface area contributed by atoms with Gasteiger partial charge in [-0.2, -0.15) is 0 Å². The van der Waals surface area contributed by atoms with Gasteiger partial charge in [-0.05, 0) is 38.2 Å². The summed E-state index contributed by atoms with van der Waals surface area (Å²) in [4.78, 5) is 24.7. The maximum atomic E-state index is 12.0. The molecule has 2 rings (SSSR count). The third-order valence-corrected chi connectivity index (χ3v) is 4.80. The van der Waals surface area contributed by atoms with Crippen LogP contribution in [-0.4, -0.2) is 41.5 Å². The second kappa shape index (κ2) is 8.78. The summed E-state index contributed by atoms with van der Waals surface area (Å²) in [5, 5.41) is 10.7. The van der Waals surface area contributed by atoms with E-state index in [1.165, 1.54) is 43.5 Å². The molecule has 1 fully saturated rings. The number of nitrogens with zero attached hydrogens (tertiary/aromatic N) is 2. The van der Waals surface area contributed by atoms with Crippen LogP contribution in [0.25, 0.3) is 0 Å². The lowest BCUT2D eigenvalue weighted by atomic mass is 9.91. The highest BCUT2D eigenvalue weighted by molar-refractivity contribution is 5.90. The van der Waals surface area contributed by atoms with Crippen molar-refractivity contribution in [1.82, 2.24) is 4.90 Å². The molecule has 0 spiro atoms. The molecule has 132 valence electrons. The molecule has 6 heteroatoms. The molecule has 6 nitrogen and oxygen atoms in total. The van der Waals surface area contributed by atoms with Gasteiger partial charge >= 0.3 is 5.97 Å². The quantitative estimate of drug-likeness (QED) is 0.329. The molecular weight excluding hydrogens is 308 g/mol. The zero-order valence-electron chi connectivity index (χ0n) is 14.4. The SMILES string of the molecule is CCC1CCC(C)N(CCCOC(=O)c2cccc([N+](=O)[O-])c2)C1. The van der Waals surface area contributed by atoms with E-state index in [0.717, 1.165) is 25.4 Å². The number of nitro groups is 1. The van der Waals surface area contributed by atoms with Crippen LogP contribution in [0.1, 0.15) is 49.9 Å². The minimum atomic E-state index is -0.515. The van der Waals surface area contributed by atoms with Crippen LogP contribution < -0.4 is 0 Å². The number of non-ortho nitro benzene ring substituents is 1. The van der Waals surface area contributed by atoms with Crippen LogP contribution in [0.3, 0.4) is 0 Å². The Morgan fingerprint density at radius 3 is 2.92 bits per heavy atom. The highest BCUT2D eigenvalue weighted by Gasteiger charge is 2.23. The van der Waals surface area contributed by atoms with E-state index in [-0.39, 0.29) is 11.3 Å². The van der Waals surface area contributed by atoms with E-state index in [2.05, 4.69) is 18.7 Å². The first kappa shape index (κ1) is 18.4. The summed E-state index contributed by atoms with van der Waals surface area (Å²) in [6.07, 6.45) is 4.52. The van der Waals surface area contributed by atoms with Crippen LogP contribution in [0.5, 0.6) is 0 Å². The Balaban J connectivity index is 1.76. The highest BCUT2D eigenvalue weighted by atomic mass is 16.6. The fourth-order valence-electron chi connectivity index (χ4n) is 3.17. The van der Waals surface area contributed by atoms with Crippen LogP contribution in [-0.2, 0) is 4.74 Å². The van der Waals surface area contributed by atoms with Crippen molar-refractivity contribution in [2.45, 2.75) is 45.6 Å². The second-order valence-electron chi connectivity index (χ2n) is 6.49. The molecule has 2 atom stereocenters. The molecule has 1 aliphatic heterocycles. The highest BCUT2D eigenvalue weighted by Crippen LogP contribution is 2.24. The summed E-state index contributed by atoms with van der Waals surface area (Å²) in [7, 11) is 0. The second-order valence-corrected chi connectivity index (χ2v) is 6.49. The minimum absolute atomic E-state index is 0.0998. The Bertz CT molecular complexity index is 576. The first-order chi connectivity index (χ1) is 11.5. The van der Waals surface area contributed by atoms with E-state index in [1.54, 1.807) is 0 Å². The number of rotatable bonds is 7. The van der Waals surface area contributed by atoms with E-state index in [9.17, 15) is 14.9 Å². The summed E-state index contributed by atoms with van der Waals surface area (Å²) in [5.74, 6) is 0.269. The third kappa shape index (κ3) is 5.03. The van der Waals surface area contributed by atoms with Gasteiger partial charge in [0.2, 0.25) is 0 Å². The first-order valence-electron chi connectivity index (χ1n) is 8.67. The van der Waals surface area contributed by atoms with Crippen molar-refractivity contribution >= 4 is 11.7 Å². The molecule has 2 unspecified atom stereocenters. The van der Waals surface area contributed by atoms with Crippen LogP contribution in [0.2, 0.25) is 0 Å². The van der Waals surface area contributed by atoms with Crippen molar-refractivity contribution in [2.75, 3.05) is 19.7 Å². The molecule has 1 saturated heterocycles. The molecule has 0 amide bonds. The van der Waals surface area contributed by atoms with Crippen LogP contribution in [0.4, 0.5) is 5.69 Å². The summed E-state index contributed by atoms with van der Waals surface area (Å²) >= 11 is 0. The average molecular weight is 334 g/mol. The van der Waals surface area contributed by atoms with Crippen LogP contribution >= 0.6 is 0 Å². The van der Waals surface area contributed by atoms with E-state index in [0.29, 0.717) is 12.6 Å². The van der Waals surface area contributed by atoms with E-state index in [1.807, 2.05) is 0 Å². The molecule has 0 aromatic heterocycles. The largest absolute Gasteiger partial charge is 0.462 e. The van der Waals surface area contributed by atoms with Crippen molar-refractivity contribution in [3.05, 3.63) is 39.9 Å². The maximum Gasteiger partial charge on any atom is 0.338 e. The summed E-state index contributed by atoms with van der Waals surface area (Å²) < 4.78 is 5.25. The van der Waals surface area contributed by atoms with Gasteiger partial charge in [-0.25, -0.2) is 4.79 Å². The number of piperidine rings is 1. The van der Waals surface area contributed by atoms with Gasteiger partial charge in [0, 0.05) is 31.3 Å². The van der Waals surface area contributed by atoms with E-state index in [4.69, 9.17) is 4.74 Å². The number of ether oxygens (including phenoxy) is 1. The fourth-order valence-corrected chi connectivity index (χ4v) is 3.17. The van der Waals surface area contributed by atoms with Gasteiger partial charge in [0.25, 0.3) is 5.69 Å². The molecule has 0 aliphatic carbocycles. The Hall–Kier alpha value is -1.95. The Morgan fingerprint density at radius 2 is 2.21 bits per heavy atom. The molecule has 0 N–H and O–H groups in total. The van der Waals surface area contributed by atoms with Crippen molar-refractivity contribution in [3.8, 4) is 0 Å². The number of hydrogen-bond acceptors (Lipinski definition) is 5. The lowest BCUT2D eigenvalue weighted by molar-refractivity contribution is -0.384. The zero-order valence-corrected chi connectivity index (χ0v) is 14.4. The topological polar surface area (TPSA) is 72.7 Å². The van der Waals surface area contributed by atoms with Gasteiger partial charge in [-0.1, -0.05) is 19.4 Å². The predicted molar refractivity (Wildman–Crippen MR) is 92.0 cm³/mol. The average Bonchev–Trinajstić information content (AvgIpc) is 2.60. The zero-order chi connectivity index (χ0) is 17.5. The Morgan fingerprint density at radius 1 is 1.42 bits per heavy atom. The molecule has 0 bridgehead atoms. The van der Waals surface area contributed by atoms with Gasteiger partial charge in [-0.15, -0.1) is 0 Å². The number of likely N-dealkylation sites (tertiary alicyclic amines) is 1. The Kier molecular flexibility index (Phi) is 6.73. The smallest absolute Gasteiger partial charge is 0.338 e. The summed E-state index contributed by atoms with van der Waals surface area (Å²) in [6.45, 7) is 6.86. The molecule has 1 aromatic carbocycles. The molecular formula is C18H26N2O4. The third-order valence-electron chi connectivity index (χ3n) is 4.80. The molecule has 0 saturated carbocycles. The lowest BCUT2D eigenvalue weighted by Gasteiger charge is -2.37.